The average Bonchev–Trinajstić information content (AvgIpc) is 3.37. The molecule has 0 aromatic heterocycles. The highest BCUT2D eigenvalue weighted by Crippen LogP contribution is 2.35. The Labute approximate surface area is 289 Å². The first-order chi connectivity index (χ1) is 24.1. The first-order valence-electron chi connectivity index (χ1n) is 14.6. The minimum absolute atomic E-state index is 0.196. The fourth-order valence-corrected chi connectivity index (χ4v) is 6.61. The van der Waals surface area contributed by atoms with Gasteiger partial charge in [0, 0.05) is 10.8 Å². The molecule has 0 fully saturated rings. The van der Waals surface area contributed by atoms with Gasteiger partial charge in [0.25, 0.3) is 26.1 Å². The quantitative estimate of drug-likeness (QED) is 0.0924. The van der Waals surface area contributed by atoms with E-state index in [1.807, 2.05) is 0 Å². The highest BCUT2D eigenvalue weighted by atomic mass is 32.2. The number of aromatic carboxylic acids is 1. The number of azo groups is 2. The molecule has 1 heterocycles. The second-order valence-electron chi connectivity index (χ2n) is 11.1. The summed E-state index contributed by atoms with van der Waals surface area (Å²) in [6.07, 6.45) is 0. The highest BCUT2D eigenvalue weighted by Gasteiger charge is 2.36. The smallest absolute Gasteiger partial charge is 0.339 e. The SMILES string of the molecule is CC1=NN(c2cc(S(=O)(=O)O)c3cccc(S(=O)(=O)O)c3c2)C(=O)C1N=Nc1ccc(-c2ccc(N=Nc3ccc(O)c(C(=O)O)c3)cc2)cc1. The van der Waals surface area contributed by atoms with Crippen LogP contribution < -0.4 is 5.01 Å². The molecule has 4 N–H and O–H groups in total. The molecule has 1 aliphatic rings. The second kappa shape index (κ2) is 13.2. The zero-order valence-corrected chi connectivity index (χ0v) is 27.7. The standard InChI is InChI=1S/C33H24N6O10S2/c1-18-31(32(41)39(38-18)24-16-26-25(30(17-24)51(47,48)49)3-2-4-29(26)50(44,45)46)37-35-22-11-7-20(8-12-22)19-5-9-21(10-6-19)34-36-23-13-14-28(40)27(15-23)33(42)43/h2-17,31,40H,1H3,(H,42,43)(H,44,45,46)(H,47,48,49). The Hall–Kier alpha value is -6.21. The molecule has 1 unspecified atom stereocenters. The number of hydrogen-bond acceptors (Lipinski definition) is 12. The number of carbonyl (C=O) groups excluding carboxylic acids is 1. The topological polar surface area (TPSA) is 248 Å². The molecule has 258 valence electrons. The largest absolute Gasteiger partial charge is 0.507 e. The third-order valence-corrected chi connectivity index (χ3v) is 9.45. The van der Waals surface area contributed by atoms with E-state index in [-0.39, 0.29) is 39.2 Å². The number of carbonyl (C=O) groups is 2. The van der Waals surface area contributed by atoms with Crippen molar-refractivity contribution in [2.75, 3.05) is 5.01 Å². The minimum atomic E-state index is -4.92. The van der Waals surface area contributed by atoms with E-state index in [4.69, 9.17) is 5.11 Å². The molecule has 1 aliphatic heterocycles. The van der Waals surface area contributed by atoms with E-state index in [2.05, 4.69) is 25.6 Å². The van der Waals surface area contributed by atoms with Gasteiger partial charge in [0.2, 0.25) is 0 Å². The second-order valence-corrected chi connectivity index (χ2v) is 13.8. The number of benzene rings is 5. The van der Waals surface area contributed by atoms with Crippen LogP contribution in [0.15, 0.2) is 132 Å². The van der Waals surface area contributed by atoms with Gasteiger partial charge >= 0.3 is 5.97 Å². The molecule has 5 aromatic rings. The van der Waals surface area contributed by atoms with Crippen LogP contribution in [-0.4, -0.2) is 59.8 Å². The van der Waals surface area contributed by atoms with Crippen LogP contribution in [-0.2, 0) is 25.0 Å². The van der Waals surface area contributed by atoms with E-state index < -0.39 is 47.9 Å². The molecule has 5 aromatic carbocycles. The fraction of sp³-hybridized carbons (Fsp3) is 0.0606. The number of fused-ring (bicyclic) bond motifs is 1. The molecule has 0 saturated heterocycles. The lowest BCUT2D eigenvalue weighted by molar-refractivity contribution is -0.117. The predicted molar refractivity (Wildman–Crippen MR) is 184 cm³/mol. The molecule has 6 rings (SSSR count). The molecular formula is C33H24N6O10S2. The van der Waals surface area contributed by atoms with Crippen molar-refractivity contribution in [3.8, 4) is 16.9 Å². The van der Waals surface area contributed by atoms with E-state index >= 15 is 0 Å². The van der Waals surface area contributed by atoms with Crippen molar-refractivity contribution in [2.45, 2.75) is 22.8 Å². The van der Waals surface area contributed by atoms with Gasteiger partial charge in [-0.25, -0.2) is 4.79 Å². The van der Waals surface area contributed by atoms with Crippen molar-refractivity contribution >= 4 is 71.3 Å². The minimum Gasteiger partial charge on any atom is -0.507 e. The van der Waals surface area contributed by atoms with Gasteiger partial charge in [0.1, 0.15) is 21.1 Å². The number of carboxylic acid groups (broad SMARTS) is 1. The molecule has 1 amide bonds. The van der Waals surface area contributed by atoms with Crippen molar-refractivity contribution < 1.29 is 45.7 Å². The summed E-state index contributed by atoms with van der Waals surface area (Å²) in [6.45, 7) is 1.50. The van der Waals surface area contributed by atoms with Crippen LogP contribution in [0, 0.1) is 0 Å². The maximum absolute atomic E-state index is 13.4. The van der Waals surface area contributed by atoms with E-state index in [0.29, 0.717) is 11.4 Å². The third kappa shape index (κ3) is 7.24. The van der Waals surface area contributed by atoms with Crippen LogP contribution in [0.4, 0.5) is 22.7 Å². The first-order valence-corrected chi connectivity index (χ1v) is 17.5. The Morgan fingerprint density at radius 1 is 0.725 bits per heavy atom. The molecule has 0 aliphatic carbocycles. The van der Waals surface area contributed by atoms with E-state index in [9.17, 15) is 40.6 Å². The number of carboxylic acids is 1. The number of amides is 1. The van der Waals surface area contributed by atoms with Crippen molar-refractivity contribution in [1.29, 1.82) is 0 Å². The Kier molecular flexibility index (Phi) is 9.00. The number of phenols is 1. The molecular weight excluding hydrogens is 705 g/mol. The summed E-state index contributed by atoms with van der Waals surface area (Å²) in [5.74, 6) is -2.40. The van der Waals surface area contributed by atoms with Crippen molar-refractivity contribution in [3.63, 3.8) is 0 Å². The van der Waals surface area contributed by atoms with Crippen LogP contribution in [0.5, 0.6) is 5.75 Å². The maximum atomic E-state index is 13.4. The van der Waals surface area contributed by atoms with Crippen molar-refractivity contribution in [3.05, 3.63) is 103 Å². The van der Waals surface area contributed by atoms with Gasteiger partial charge in [-0.1, -0.05) is 36.4 Å². The molecule has 1 atom stereocenters. The van der Waals surface area contributed by atoms with Crippen LogP contribution in [0.3, 0.4) is 0 Å². The maximum Gasteiger partial charge on any atom is 0.339 e. The zero-order chi connectivity index (χ0) is 36.7. The number of aromatic hydroxyl groups is 1. The molecule has 0 saturated carbocycles. The Balaban J connectivity index is 1.18. The zero-order valence-electron chi connectivity index (χ0n) is 26.1. The third-order valence-electron chi connectivity index (χ3n) is 7.65. The molecule has 18 heteroatoms. The first kappa shape index (κ1) is 34.6. The average molecular weight is 729 g/mol. The lowest BCUT2D eigenvalue weighted by Gasteiger charge is -2.16. The number of rotatable bonds is 9. The monoisotopic (exact) mass is 728 g/mol. The van der Waals surface area contributed by atoms with Gasteiger partial charge in [0.15, 0.2) is 6.04 Å². The Bertz CT molecular complexity index is 2550. The summed E-state index contributed by atoms with van der Waals surface area (Å²) >= 11 is 0. The fourth-order valence-electron chi connectivity index (χ4n) is 5.18. The van der Waals surface area contributed by atoms with Crippen LogP contribution in [0.2, 0.25) is 0 Å². The number of hydrogen-bond donors (Lipinski definition) is 4. The molecule has 51 heavy (non-hydrogen) atoms. The summed E-state index contributed by atoms with van der Waals surface area (Å²) in [5, 5.41) is 39.8. The highest BCUT2D eigenvalue weighted by molar-refractivity contribution is 7.86. The van der Waals surface area contributed by atoms with Crippen LogP contribution in [0.1, 0.15) is 17.3 Å². The van der Waals surface area contributed by atoms with Gasteiger partial charge in [-0.3, -0.25) is 13.9 Å². The summed E-state index contributed by atoms with van der Waals surface area (Å²) < 4.78 is 68.1. The van der Waals surface area contributed by atoms with Gasteiger partial charge in [0.05, 0.1) is 28.5 Å². The molecule has 0 spiro atoms. The van der Waals surface area contributed by atoms with Gasteiger partial charge in [-0.2, -0.15) is 47.4 Å². The van der Waals surface area contributed by atoms with Crippen LogP contribution >= 0.6 is 0 Å². The number of nitrogens with zero attached hydrogens (tertiary/aromatic N) is 6. The van der Waals surface area contributed by atoms with Gasteiger partial charge < -0.3 is 10.2 Å². The van der Waals surface area contributed by atoms with E-state index in [1.54, 1.807) is 48.5 Å². The number of anilines is 1. The number of hydrazone groups is 1. The molecule has 16 nitrogen and oxygen atoms in total. The van der Waals surface area contributed by atoms with Crippen LogP contribution in [0.25, 0.3) is 21.9 Å². The van der Waals surface area contributed by atoms with E-state index in [0.717, 1.165) is 34.3 Å². The molecule has 0 bridgehead atoms. The summed E-state index contributed by atoms with van der Waals surface area (Å²) in [7, 11) is -9.74. The predicted octanol–water partition coefficient (Wildman–Crippen LogP) is 6.69. The van der Waals surface area contributed by atoms with Crippen molar-refractivity contribution in [1.82, 2.24) is 0 Å². The van der Waals surface area contributed by atoms with Crippen molar-refractivity contribution in [2.24, 2.45) is 25.6 Å². The molecule has 0 radical (unpaired) electrons. The van der Waals surface area contributed by atoms with Gasteiger partial charge in [-0.15, -0.1) is 0 Å². The summed E-state index contributed by atoms with van der Waals surface area (Å²) in [5.41, 5.74) is 2.51. The Morgan fingerprint density at radius 2 is 1.29 bits per heavy atom. The lowest BCUT2D eigenvalue weighted by Crippen LogP contribution is -2.29. The van der Waals surface area contributed by atoms with Gasteiger partial charge in [-0.05, 0) is 78.7 Å². The Morgan fingerprint density at radius 3 is 1.88 bits per heavy atom. The lowest BCUT2D eigenvalue weighted by atomic mass is 10.1. The summed E-state index contributed by atoms with van der Waals surface area (Å²) in [4.78, 5) is 23.3. The summed E-state index contributed by atoms with van der Waals surface area (Å²) in [6, 6.07) is 22.2. The normalized spacial score (nSPS) is 15.3. The van der Waals surface area contributed by atoms with E-state index in [1.165, 1.54) is 37.3 Å².